The van der Waals surface area contributed by atoms with Crippen LogP contribution >= 0.6 is 0 Å². The van der Waals surface area contributed by atoms with Crippen molar-refractivity contribution in [2.75, 3.05) is 30.4 Å². The van der Waals surface area contributed by atoms with E-state index in [0.717, 1.165) is 23.6 Å². The smallest absolute Gasteiger partial charge is 0.408 e. The SMILES string of the molecule is COc1cccc(F)c1-c1nc(Nc2cc(N3CCC[C@H](N)C3)c(-c3cnn(CC(F)(F)F)c3)cn2)ccc1[N+](=O)[O-]. The van der Waals surface area contributed by atoms with Crippen molar-refractivity contribution < 1.29 is 27.2 Å². The van der Waals surface area contributed by atoms with Crippen LogP contribution in [0.15, 0.2) is 55.0 Å². The number of methoxy groups -OCH3 is 1. The highest BCUT2D eigenvalue weighted by Gasteiger charge is 2.29. The van der Waals surface area contributed by atoms with Crippen LogP contribution in [-0.4, -0.2) is 57.1 Å². The van der Waals surface area contributed by atoms with Crippen molar-refractivity contribution in [2.24, 2.45) is 5.73 Å². The molecule has 1 fully saturated rings. The second kappa shape index (κ2) is 11.6. The molecule has 1 aromatic carbocycles. The number of halogens is 4. The molecule has 1 saturated heterocycles. The van der Waals surface area contributed by atoms with Crippen LogP contribution in [0.1, 0.15) is 12.8 Å². The van der Waals surface area contributed by atoms with Crippen molar-refractivity contribution in [1.29, 1.82) is 0 Å². The number of aromatic nitrogens is 4. The van der Waals surface area contributed by atoms with Crippen molar-refractivity contribution in [1.82, 2.24) is 19.7 Å². The standard InChI is InChI=1S/C27H26F4N8O3/c1-42-22-6-2-5-19(28)25(22)26-20(39(40)41)7-8-23(36-26)35-24-10-21(37-9-3-4-17(32)14-37)18(12-33-24)16-11-34-38(13-16)15-27(29,30)31/h2,5-8,10-13,17H,3-4,9,14-15,32H2,1H3,(H,33,35,36)/t17-/m0/s1. The number of rotatable bonds is 8. The number of benzene rings is 1. The predicted octanol–water partition coefficient (Wildman–Crippen LogP) is 5.30. The number of nitrogens with zero attached hydrogens (tertiary/aromatic N) is 6. The second-order valence-electron chi connectivity index (χ2n) is 9.74. The third-order valence-electron chi connectivity index (χ3n) is 6.73. The van der Waals surface area contributed by atoms with Crippen LogP contribution in [0.4, 0.5) is 40.6 Å². The van der Waals surface area contributed by atoms with Gasteiger partial charge in [-0.3, -0.25) is 14.8 Å². The van der Waals surface area contributed by atoms with Crippen LogP contribution in [0.3, 0.4) is 0 Å². The molecule has 11 nitrogen and oxygen atoms in total. The van der Waals surface area contributed by atoms with Crippen LogP contribution in [0, 0.1) is 15.9 Å². The molecule has 1 atom stereocenters. The molecular formula is C27H26F4N8O3. The van der Waals surface area contributed by atoms with Gasteiger partial charge in [-0.2, -0.15) is 18.3 Å². The molecule has 15 heteroatoms. The molecule has 3 aromatic heterocycles. The monoisotopic (exact) mass is 586 g/mol. The van der Waals surface area contributed by atoms with Gasteiger partial charge in [-0.15, -0.1) is 0 Å². The molecule has 0 saturated carbocycles. The molecule has 42 heavy (non-hydrogen) atoms. The van der Waals surface area contributed by atoms with Gasteiger partial charge < -0.3 is 20.7 Å². The van der Waals surface area contributed by atoms with Crippen LogP contribution in [0.5, 0.6) is 5.75 Å². The minimum atomic E-state index is -4.43. The second-order valence-corrected chi connectivity index (χ2v) is 9.74. The van der Waals surface area contributed by atoms with Crippen molar-refractivity contribution in [3.63, 3.8) is 0 Å². The van der Waals surface area contributed by atoms with Crippen molar-refractivity contribution in [3.05, 3.63) is 70.9 Å². The molecular weight excluding hydrogens is 560 g/mol. The average molecular weight is 587 g/mol. The Hall–Kier alpha value is -4.79. The lowest BCUT2D eigenvalue weighted by Gasteiger charge is -2.34. The lowest BCUT2D eigenvalue weighted by atomic mass is 10.0. The van der Waals surface area contributed by atoms with E-state index in [1.54, 1.807) is 6.07 Å². The van der Waals surface area contributed by atoms with Gasteiger partial charge in [0.1, 0.15) is 29.7 Å². The lowest BCUT2D eigenvalue weighted by Crippen LogP contribution is -2.43. The minimum absolute atomic E-state index is 0.0695. The Bertz CT molecular complexity index is 1610. The van der Waals surface area contributed by atoms with E-state index in [9.17, 15) is 27.7 Å². The van der Waals surface area contributed by atoms with Crippen molar-refractivity contribution in [3.8, 4) is 28.1 Å². The van der Waals surface area contributed by atoms with E-state index in [0.29, 0.717) is 35.7 Å². The first-order valence-electron chi connectivity index (χ1n) is 12.9. The van der Waals surface area contributed by atoms with E-state index in [2.05, 4.69) is 20.4 Å². The summed E-state index contributed by atoms with van der Waals surface area (Å²) in [4.78, 5) is 21.9. The number of alkyl halides is 3. The number of piperidine rings is 1. The number of nitro groups is 1. The van der Waals surface area contributed by atoms with Gasteiger partial charge in [-0.05, 0) is 31.0 Å². The molecule has 3 N–H and O–H groups in total. The number of anilines is 3. The average Bonchev–Trinajstić information content (AvgIpc) is 3.39. The van der Waals surface area contributed by atoms with Gasteiger partial charge in [0.25, 0.3) is 5.69 Å². The van der Waals surface area contributed by atoms with Gasteiger partial charge in [0, 0.05) is 60.5 Å². The molecule has 4 heterocycles. The zero-order chi connectivity index (χ0) is 30.0. The Morgan fingerprint density at radius 2 is 2.02 bits per heavy atom. The summed E-state index contributed by atoms with van der Waals surface area (Å²) in [5, 5.41) is 18.6. The molecule has 0 aliphatic carbocycles. The predicted molar refractivity (Wildman–Crippen MR) is 147 cm³/mol. The van der Waals surface area contributed by atoms with Gasteiger partial charge in [-0.1, -0.05) is 6.07 Å². The maximum atomic E-state index is 14.9. The molecule has 0 amide bonds. The fraction of sp³-hybridized carbons (Fsp3) is 0.296. The summed E-state index contributed by atoms with van der Waals surface area (Å²) < 4.78 is 59.7. The summed E-state index contributed by atoms with van der Waals surface area (Å²) >= 11 is 0. The fourth-order valence-electron chi connectivity index (χ4n) is 4.89. The number of pyridine rings is 2. The molecule has 0 bridgehead atoms. The maximum Gasteiger partial charge on any atom is 0.408 e. The van der Waals surface area contributed by atoms with Gasteiger partial charge in [-0.25, -0.2) is 14.4 Å². The summed E-state index contributed by atoms with van der Waals surface area (Å²) in [7, 11) is 1.32. The fourth-order valence-corrected chi connectivity index (χ4v) is 4.89. The Kier molecular flexibility index (Phi) is 7.93. The zero-order valence-corrected chi connectivity index (χ0v) is 22.3. The van der Waals surface area contributed by atoms with E-state index in [1.807, 2.05) is 4.90 Å². The first kappa shape index (κ1) is 28.7. The molecule has 0 unspecified atom stereocenters. The van der Waals surface area contributed by atoms with Crippen LogP contribution in [0.2, 0.25) is 0 Å². The Morgan fingerprint density at radius 1 is 1.21 bits per heavy atom. The third-order valence-corrected chi connectivity index (χ3v) is 6.73. The van der Waals surface area contributed by atoms with E-state index in [4.69, 9.17) is 10.5 Å². The Balaban J connectivity index is 1.54. The summed E-state index contributed by atoms with van der Waals surface area (Å²) in [6.07, 6.45) is 1.36. The first-order valence-corrected chi connectivity index (χ1v) is 12.9. The van der Waals surface area contributed by atoms with Gasteiger partial charge in [0.05, 0.1) is 23.8 Å². The van der Waals surface area contributed by atoms with E-state index in [1.165, 1.54) is 50.0 Å². The number of nitrogens with two attached hydrogens (primary N) is 1. The molecule has 1 aliphatic heterocycles. The first-order chi connectivity index (χ1) is 20.0. The van der Waals surface area contributed by atoms with Gasteiger partial charge >= 0.3 is 6.18 Å². The van der Waals surface area contributed by atoms with Crippen molar-refractivity contribution >= 4 is 23.0 Å². The van der Waals surface area contributed by atoms with Crippen LogP contribution < -0.4 is 20.7 Å². The van der Waals surface area contributed by atoms with E-state index >= 15 is 0 Å². The van der Waals surface area contributed by atoms with E-state index in [-0.39, 0.29) is 28.9 Å². The van der Waals surface area contributed by atoms with Crippen molar-refractivity contribution in [2.45, 2.75) is 31.6 Å². The molecule has 0 radical (unpaired) electrons. The number of hydrogen-bond donors (Lipinski definition) is 2. The highest BCUT2D eigenvalue weighted by Crippen LogP contribution is 2.39. The van der Waals surface area contributed by atoms with Gasteiger partial charge in [0.2, 0.25) is 0 Å². The van der Waals surface area contributed by atoms with E-state index < -0.39 is 29.1 Å². The normalized spacial score (nSPS) is 15.5. The summed E-state index contributed by atoms with van der Waals surface area (Å²) in [6, 6.07) is 8.19. The number of ether oxygens (including phenoxy) is 1. The highest BCUT2D eigenvalue weighted by atomic mass is 19.4. The number of nitrogens with one attached hydrogen (secondary N) is 1. The zero-order valence-electron chi connectivity index (χ0n) is 22.3. The molecule has 4 aromatic rings. The van der Waals surface area contributed by atoms with Crippen LogP contribution in [0.25, 0.3) is 22.4 Å². The summed E-state index contributed by atoms with van der Waals surface area (Å²) in [6.45, 7) is -0.0566. The third kappa shape index (κ3) is 6.25. The summed E-state index contributed by atoms with van der Waals surface area (Å²) in [5.74, 6) is -0.247. The molecule has 1 aliphatic rings. The largest absolute Gasteiger partial charge is 0.496 e. The van der Waals surface area contributed by atoms with Gasteiger partial charge in [0.15, 0.2) is 5.69 Å². The Labute approximate surface area is 237 Å². The maximum absolute atomic E-state index is 14.9. The lowest BCUT2D eigenvalue weighted by molar-refractivity contribution is -0.384. The summed E-state index contributed by atoms with van der Waals surface area (Å²) in [5.41, 5.74) is 7.03. The quantitative estimate of drug-likeness (QED) is 0.160. The molecule has 0 spiro atoms. The Morgan fingerprint density at radius 3 is 2.74 bits per heavy atom. The molecule has 220 valence electrons. The number of hydrogen-bond acceptors (Lipinski definition) is 9. The molecule has 5 rings (SSSR count). The minimum Gasteiger partial charge on any atom is -0.496 e. The van der Waals surface area contributed by atoms with Crippen LogP contribution in [-0.2, 0) is 6.54 Å². The highest BCUT2D eigenvalue weighted by molar-refractivity contribution is 5.81. The topological polar surface area (TPSA) is 137 Å².